The SMILES string of the molecule is C[Si](C)(C)c1ccc(-c2[c-]cccc2)nc1.[2H]C(CC)(CC)c1c[c-]c(-c2nc3ccccc3n2-c2c(C(C)C)cc(C(C)C)cc2C(C)C)c2oc3cc4c(ccc5ccccc54)cc3c12.[Ir]. The second-order valence-corrected chi connectivity index (χ2v) is 24.9. The number of fused-ring (bicyclic) bond motifs is 7. The Morgan fingerprint density at radius 2 is 1.37 bits per heavy atom. The number of hydrogen-bond acceptors (Lipinski definition) is 3. The smallest absolute Gasteiger partial charge is 0.121 e. The quantitative estimate of drug-likeness (QED) is 0.0779. The standard InChI is InChI=1S/C47H47N2O.C14H16NSi.Ir/c1-9-30(10-2)35-21-22-36(46-44(35)40-23-32-20-19-31-15-11-12-16-34(31)39(32)26-43(40)50-46)47-48-41-17-13-14-18-42(41)49(47)45-37(28(5)6)24-33(27(3)4)25-38(45)29(7)8;1-16(2,3)13-9-10-14(15-11-13)12-7-5-4-6-8-12;/h11-21,23-30H,9-10H2,1-8H3;4-7,9-11H,1-3H3;/q2*-1;/i30D;;. The first-order chi connectivity index (χ1) is 32.1. The Labute approximate surface area is 413 Å². The van der Waals surface area contributed by atoms with Gasteiger partial charge in [-0.25, -0.2) is 0 Å². The van der Waals surface area contributed by atoms with Crippen LogP contribution < -0.4 is 5.19 Å². The molecule has 0 fully saturated rings. The number of hydrogen-bond donors (Lipinski definition) is 0. The van der Waals surface area contributed by atoms with Crippen LogP contribution in [-0.4, -0.2) is 22.6 Å². The molecule has 6 heteroatoms. The van der Waals surface area contributed by atoms with Crippen LogP contribution in [0.4, 0.5) is 0 Å². The molecule has 0 N–H and O–H groups in total. The molecule has 0 saturated carbocycles. The van der Waals surface area contributed by atoms with Crippen LogP contribution in [0.15, 0.2) is 138 Å². The van der Waals surface area contributed by atoms with Crippen LogP contribution >= 0.6 is 0 Å². The van der Waals surface area contributed by atoms with Gasteiger partial charge in [-0.15, -0.1) is 53.6 Å². The van der Waals surface area contributed by atoms with Crippen LogP contribution in [0.2, 0.25) is 19.6 Å². The molecular weight excluding hydrogens is 1010 g/mol. The fourth-order valence-corrected chi connectivity index (χ4v) is 10.6. The van der Waals surface area contributed by atoms with Gasteiger partial charge in [-0.1, -0.05) is 178 Å². The first-order valence-electron chi connectivity index (χ1n) is 24.4. The summed E-state index contributed by atoms with van der Waals surface area (Å²) in [6, 6.07) is 51.9. The summed E-state index contributed by atoms with van der Waals surface area (Å²) in [5, 5.41) is 8.16. The monoisotopic (exact) mass is 1080 g/mol. The van der Waals surface area contributed by atoms with Crippen molar-refractivity contribution in [3.63, 3.8) is 0 Å². The van der Waals surface area contributed by atoms with Crippen molar-refractivity contribution in [1.82, 2.24) is 14.5 Å². The zero-order valence-electron chi connectivity index (χ0n) is 41.9. The molecule has 1 radical (unpaired) electrons. The Morgan fingerprint density at radius 3 is 2.01 bits per heavy atom. The molecule has 0 aliphatic carbocycles. The van der Waals surface area contributed by atoms with E-state index in [0.29, 0.717) is 30.6 Å². The van der Waals surface area contributed by atoms with Crippen molar-refractivity contribution in [2.75, 3.05) is 0 Å². The molecule has 7 aromatic carbocycles. The van der Waals surface area contributed by atoms with Crippen LogP contribution in [0.1, 0.15) is 116 Å². The van der Waals surface area contributed by atoms with Gasteiger partial charge in [-0.05, 0) is 91.1 Å². The Kier molecular flexibility index (Phi) is 13.5. The predicted octanol–water partition coefficient (Wildman–Crippen LogP) is 17.1. The van der Waals surface area contributed by atoms with Gasteiger partial charge in [0.25, 0.3) is 0 Å². The van der Waals surface area contributed by atoms with Crippen molar-refractivity contribution in [2.45, 2.75) is 112 Å². The molecule has 0 aliphatic heterocycles. The Bertz CT molecular complexity index is 3380. The van der Waals surface area contributed by atoms with Crippen LogP contribution in [0.5, 0.6) is 0 Å². The van der Waals surface area contributed by atoms with E-state index in [-0.39, 0.29) is 20.1 Å². The van der Waals surface area contributed by atoms with Gasteiger partial charge in [-0.3, -0.25) is 4.98 Å². The van der Waals surface area contributed by atoms with E-state index in [2.05, 4.69) is 200 Å². The molecule has 0 bridgehead atoms. The third-order valence-corrected chi connectivity index (χ3v) is 15.4. The number of imidazole rings is 1. The number of pyridine rings is 1. The maximum Gasteiger partial charge on any atom is 0.121 e. The molecule has 10 aromatic rings. The summed E-state index contributed by atoms with van der Waals surface area (Å²) in [4.78, 5) is 9.91. The van der Waals surface area contributed by atoms with Crippen molar-refractivity contribution in [1.29, 1.82) is 0 Å². The molecule has 0 aliphatic rings. The minimum Gasteiger partial charge on any atom is -0.501 e. The number of nitrogens with zero attached hydrogens (tertiary/aromatic N) is 3. The molecule has 343 valence electrons. The van der Waals surface area contributed by atoms with E-state index in [4.69, 9.17) is 9.40 Å². The van der Waals surface area contributed by atoms with Gasteiger partial charge < -0.3 is 14.0 Å². The van der Waals surface area contributed by atoms with Gasteiger partial charge in [0.2, 0.25) is 0 Å². The largest absolute Gasteiger partial charge is 0.501 e. The van der Waals surface area contributed by atoms with Gasteiger partial charge in [0.05, 0.1) is 30.5 Å². The zero-order chi connectivity index (χ0) is 47.4. The summed E-state index contributed by atoms with van der Waals surface area (Å²) in [7, 11) is -1.23. The molecule has 67 heavy (non-hydrogen) atoms. The summed E-state index contributed by atoms with van der Waals surface area (Å²) in [6.07, 6.45) is 3.39. The number of benzene rings is 7. The molecule has 10 rings (SSSR count). The van der Waals surface area contributed by atoms with Crippen molar-refractivity contribution >= 4 is 67.8 Å². The number of aromatic nitrogens is 3. The number of rotatable bonds is 10. The van der Waals surface area contributed by atoms with E-state index in [0.717, 1.165) is 72.0 Å². The normalized spacial score (nSPS) is 12.4. The van der Waals surface area contributed by atoms with E-state index in [1.54, 1.807) is 0 Å². The molecule has 0 unspecified atom stereocenters. The summed E-state index contributed by atoms with van der Waals surface area (Å²) < 4.78 is 19.1. The van der Waals surface area contributed by atoms with Crippen LogP contribution in [0, 0.1) is 12.1 Å². The van der Waals surface area contributed by atoms with Crippen LogP contribution in [0.3, 0.4) is 0 Å². The fraction of sp³-hybridized carbons (Fsp3) is 0.279. The average molecular weight is 1080 g/mol. The second-order valence-electron chi connectivity index (χ2n) is 19.8. The zero-order valence-corrected chi connectivity index (χ0v) is 44.3. The first kappa shape index (κ1) is 46.5. The third kappa shape index (κ3) is 9.09. The minimum absolute atomic E-state index is 0. The van der Waals surface area contributed by atoms with E-state index in [1.165, 1.54) is 38.3 Å². The van der Waals surface area contributed by atoms with Gasteiger partial charge in [0, 0.05) is 38.7 Å². The molecule has 0 atom stereocenters. The fourth-order valence-electron chi connectivity index (χ4n) is 9.54. The van der Waals surface area contributed by atoms with Gasteiger partial charge in [-0.2, -0.15) is 0 Å². The maximum atomic E-state index is 9.69. The molecule has 0 saturated heterocycles. The summed E-state index contributed by atoms with van der Waals surface area (Å²) in [5.74, 6) is 1.03. The Hall–Kier alpha value is -5.65. The van der Waals surface area contributed by atoms with Crippen LogP contribution in [-0.2, 0) is 20.1 Å². The molecule has 0 spiro atoms. The van der Waals surface area contributed by atoms with Crippen molar-refractivity contribution < 1.29 is 25.9 Å². The maximum absolute atomic E-state index is 9.69. The van der Waals surface area contributed by atoms with Crippen molar-refractivity contribution in [3.8, 4) is 28.3 Å². The van der Waals surface area contributed by atoms with E-state index in [9.17, 15) is 1.37 Å². The first-order valence-corrected chi connectivity index (χ1v) is 27.4. The summed E-state index contributed by atoms with van der Waals surface area (Å²) in [5.41, 5.74) is 12.6. The van der Waals surface area contributed by atoms with E-state index < -0.39 is 14.0 Å². The summed E-state index contributed by atoms with van der Waals surface area (Å²) >= 11 is 0. The molecule has 3 heterocycles. The predicted molar refractivity (Wildman–Crippen MR) is 285 cm³/mol. The van der Waals surface area contributed by atoms with E-state index in [1.807, 2.05) is 30.5 Å². The topological polar surface area (TPSA) is 43.9 Å². The van der Waals surface area contributed by atoms with Crippen molar-refractivity contribution in [2.24, 2.45) is 0 Å². The number of para-hydroxylation sites is 2. The average Bonchev–Trinajstić information content (AvgIpc) is 3.91. The van der Waals surface area contributed by atoms with Gasteiger partial charge in [0.15, 0.2) is 0 Å². The van der Waals surface area contributed by atoms with Gasteiger partial charge >= 0.3 is 0 Å². The van der Waals surface area contributed by atoms with E-state index >= 15 is 0 Å². The minimum atomic E-state index is -1.23. The van der Waals surface area contributed by atoms with Crippen molar-refractivity contribution in [3.05, 3.63) is 168 Å². The molecule has 0 amide bonds. The number of furan rings is 1. The molecule has 4 nitrogen and oxygen atoms in total. The Balaban J connectivity index is 0.000000312. The molecule has 3 aromatic heterocycles. The third-order valence-electron chi connectivity index (χ3n) is 13.4. The Morgan fingerprint density at radius 1 is 0.687 bits per heavy atom. The van der Waals surface area contributed by atoms with Crippen LogP contribution in [0.25, 0.3) is 82.8 Å². The second kappa shape index (κ2) is 19.5. The molecular formula is C61H63IrN3OSi-2. The summed E-state index contributed by atoms with van der Waals surface area (Å²) in [6.45, 7) is 25.0. The van der Waals surface area contributed by atoms with Gasteiger partial charge in [0.1, 0.15) is 5.58 Å².